The van der Waals surface area contributed by atoms with Crippen LogP contribution in [0.3, 0.4) is 0 Å². The van der Waals surface area contributed by atoms with Gasteiger partial charge in [-0.3, -0.25) is 0 Å². The molecule has 11 unspecified atom stereocenters. The number of nitrogens with two attached hydrogens (primary N) is 2. The Labute approximate surface area is 235 Å². The Hall–Kier alpha value is -0.640. The first-order chi connectivity index (χ1) is 18.1. The van der Waals surface area contributed by atoms with Crippen LogP contribution in [0.5, 0.6) is 0 Å². The smallest absolute Gasteiger partial charge is 0.0612 e. The molecule has 216 valence electrons. The number of fused-ring (bicyclic) bond motifs is 5. The molecular weight excluding hydrogens is 464 g/mol. The summed E-state index contributed by atoms with van der Waals surface area (Å²) in [5.41, 5.74) is 15.1. The SMILES string of the molecule is CC(C)CCCC(C)C1CCC2C3CC=C4CC(OCCC5C=CC(N)CC5N)CCC4(C)C3CCC12C. The van der Waals surface area contributed by atoms with Crippen LogP contribution in [0.25, 0.3) is 0 Å². The summed E-state index contributed by atoms with van der Waals surface area (Å²) in [7, 11) is 0. The highest BCUT2D eigenvalue weighted by molar-refractivity contribution is 5.25. The maximum absolute atomic E-state index is 6.50. The first-order valence-corrected chi connectivity index (χ1v) is 16.6. The summed E-state index contributed by atoms with van der Waals surface area (Å²) in [5, 5.41) is 0. The summed E-state index contributed by atoms with van der Waals surface area (Å²) in [6, 6.07) is 0.313. The van der Waals surface area contributed by atoms with Crippen molar-refractivity contribution in [1.82, 2.24) is 0 Å². The van der Waals surface area contributed by atoms with Crippen molar-refractivity contribution in [2.24, 2.45) is 63.7 Å². The van der Waals surface area contributed by atoms with Crippen LogP contribution in [0.2, 0.25) is 0 Å². The van der Waals surface area contributed by atoms with Crippen molar-refractivity contribution in [2.45, 2.75) is 136 Å². The van der Waals surface area contributed by atoms with E-state index in [2.05, 4.69) is 52.8 Å². The van der Waals surface area contributed by atoms with Gasteiger partial charge in [-0.15, -0.1) is 0 Å². The number of rotatable bonds is 9. The molecule has 5 rings (SSSR count). The van der Waals surface area contributed by atoms with E-state index in [4.69, 9.17) is 16.2 Å². The Balaban J connectivity index is 1.18. The van der Waals surface area contributed by atoms with E-state index in [1.807, 2.05) is 0 Å². The molecule has 0 radical (unpaired) electrons. The zero-order valence-corrected chi connectivity index (χ0v) is 25.5. The van der Waals surface area contributed by atoms with Crippen molar-refractivity contribution < 1.29 is 4.74 Å². The van der Waals surface area contributed by atoms with Crippen LogP contribution in [0.1, 0.15) is 118 Å². The quantitative estimate of drug-likeness (QED) is 0.300. The summed E-state index contributed by atoms with van der Waals surface area (Å²) < 4.78 is 6.50. The van der Waals surface area contributed by atoms with Crippen LogP contribution in [0.15, 0.2) is 23.8 Å². The molecule has 4 N–H and O–H groups in total. The fourth-order valence-electron chi connectivity index (χ4n) is 10.5. The molecule has 0 spiro atoms. The van der Waals surface area contributed by atoms with Crippen molar-refractivity contribution in [3.63, 3.8) is 0 Å². The van der Waals surface area contributed by atoms with E-state index in [0.717, 1.165) is 61.4 Å². The predicted molar refractivity (Wildman–Crippen MR) is 161 cm³/mol. The lowest BCUT2D eigenvalue weighted by Crippen LogP contribution is -2.51. The van der Waals surface area contributed by atoms with Gasteiger partial charge in [0, 0.05) is 18.7 Å². The summed E-state index contributed by atoms with van der Waals surface area (Å²) in [5.74, 6) is 5.87. The highest BCUT2D eigenvalue weighted by atomic mass is 16.5. The van der Waals surface area contributed by atoms with Crippen molar-refractivity contribution in [1.29, 1.82) is 0 Å². The number of hydrogen-bond donors (Lipinski definition) is 2. The summed E-state index contributed by atoms with van der Waals surface area (Å²) in [6.07, 6.45) is 24.6. The van der Waals surface area contributed by atoms with Crippen LogP contribution in [0.4, 0.5) is 0 Å². The molecule has 38 heavy (non-hydrogen) atoms. The molecule has 0 aromatic carbocycles. The highest BCUT2D eigenvalue weighted by Gasteiger charge is 2.59. The van der Waals surface area contributed by atoms with E-state index in [9.17, 15) is 0 Å². The summed E-state index contributed by atoms with van der Waals surface area (Å²) in [6.45, 7) is 13.6. The van der Waals surface area contributed by atoms with Gasteiger partial charge in [-0.05, 0) is 116 Å². The van der Waals surface area contributed by atoms with Crippen LogP contribution >= 0.6 is 0 Å². The minimum absolute atomic E-state index is 0.131. The first kappa shape index (κ1) is 28.9. The molecule has 3 fully saturated rings. The number of allylic oxidation sites excluding steroid dienone is 1. The Bertz CT molecular complexity index is 864. The molecule has 3 nitrogen and oxygen atoms in total. The molecule has 0 aromatic heterocycles. The van der Waals surface area contributed by atoms with Crippen LogP contribution in [-0.4, -0.2) is 24.8 Å². The van der Waals surface area contributed by atoms with Gasteiger partial charge in [0.15, 0.2) is 0 Å². The van der Waals surface area contributed by atoms with Crippen LogP contribution in [0, 0.1) is 52.3 Å². The fourth-order valence-corrected chi connectivity index (χ4v) is 10.5. The average Bonchev–Trinajstić information content (AvgIpc) is 3.22. The lowest BCUT2D eigenvalue weighted by molar-refractivity contribution is -0.0645. The molecule has 0 amide bonds. The fraction of sp³-hybridized carbons (Fsp3) is 0.886. The molecule has 3 heteroatoms. The second-order valence-electron chi connectivity index (χ2n) is 15.4. The van der Waals surface area contributed by atoms with E-state index in [1.165, 1.54) is 64.2 Å². The van der Waals surface area contributed by atoms with Gasteiger partial charge < -0.3 is 16.2 Å². The monoisotopic (exact) mass is 524 g/mol. The number of ether oxygens (including phenoxy) is 1. The third-order valence-electron chi connectivity index (χ3n) is 12.8. The Kier molecular flexibility index (Phi) is 8.88. The second kappa shape index (κ2) is 11.7. The van der Waals surface area contributed by atoms with E-state index < -0.39 is 0 Å². The molecule has 5 aliphatic rings. The molecule has 0 aliphatic heterocycles. The molecule has 3 saturated carbocycles. The van der Waals surface area contributed by atoms with Gasteiger partial charge in [0.25, 0.3) is 0 Å². The van der Waals surface area contributed by atoms with E-state index >= 15 is 0 Å². The zero-order valence-electron chi connectivity index (χ0n) is 25.5. The molecular formula is C35H60N2O. The Morgan fingerprint density at radius 2 is 1.79 bits per heavy atom. The molecule has 11 atom stereocenters. The van der Waals surface area contributed by atoms with Gasteiger partial charge >= 0.3 is 0 Å². The minimum atomic E-state index is 0.131. The van der Waals surface area contributed by atoms with Crippen LogP contribution in [-0.2, 0) is 4.74 Å². The van der Waals surface area contributed by atoms with Crippen molar-refractivity contribution in [3.8, 4) is 0 Å². The molecule has 0 bridgehead atoms. The standard InChI is InChI=1S/C35H60N2O/c1-23(2)7-6-8-24(3)30-13-14-31-29-12-10-26-21-28(38-20-17-25-9-11-27(36)22-33(25)37)15-18-34(26,4)32(29)16-19-35(30,31)5/h9-11,23-25,27-33H,6-8,12-22,36-37H2,1-5H3. The number of hydrogen-bond acceptors (Lipinski definition) is 3. The third kappa shape index (κ3) is 5.60. The Morgan fingerprint density at radius 1 is 0.974 bits per heavy atom. The highest BCUT2D eigenvalue weighted by Crippen LogP contribution is 2.67. The van der Waals surface area contributed by atoms with Gasteiger partial charge in [0.1, 0.15) is 0 Å². The van der Waals surface area contributed by atoms with Crippen molar-refractivity contribution >= 4 is 0 Å². The maximum atomic E-state index is 6.50. The molecule has 0 aromatic rings. The van der Waals surface area contributed by atoms with E-state index in [0.29, 0.717) is 22.9 Å². The van der Waals surface area contributed by atoms with Crippen molar-refractivity contribution in [3.05, 3.63) is 23.8 Å². The first-order valence-electron chi connectivity index (χ1n) is 16.6. The third-order valence-corrected chi connectivity index (χ3v) is 12.8. The predicted octanol–water partition coefficient (Wildman–Crippen LogP) is 8.03. The summed E-state index contributed by atoms with van der Waals surface area (Å²) >= 11 is 0. The molecule has 0 heterocycles. The van der Waals surface area contributed by atoms with Gasteiger partial charge in [0.05, 0.1) is 6.10 Å². The summed E-state index contributed by atoms with van der Waals surface area (Å²) in [4.78, 5) is 0. The van der Waals surface area contributed by atoms with Gasteiger partial charge in [0.2, 0.25) is 0 Å². The Morgan fingerprint density at radius 3 is 2.55 bits per heavy atom. The topological polar surface area (TPSA) is 61.3 Å². The van der Waals surface area contributed by atoms with E-state index in [1.54, 1.807) is 5.57 Å². The van der Waals surface area contributed by atoms with Gasteiger partial charge in [-0.2, -0.15) is 0 Å². The largest absolute Gasteiger partial charge is 0.378 e. The normalized spacial score (nSPS) is 45.3. The lowest BCUT2D eigenvalue weighted by Gasteiger charge is -2.58. The van der Waals surface area contributed by atoms with Crippen LogP contribution < -0.4 is 11.5 Å². The second-order valence-corrected chi connectivity index (χ2v) is 15.4. The van der Waals surface area contributed by atoms with Gasteiger partial charge in [-0.25, -0.2) is 0 Å². The van der Waals surface area contributed by atoms with Gasteiger partial charge in [-0.1, -0.05) is 77.7 Å². The lowest BCUT2D eigenvalue weighted by atomic mass is 9.47. The molecule has 0 saturated heterocycles. The zero-order chi connectivity index (χ0) is 27.1. The van der Waals surface area contributed by atoms with Crippen molar-refractivity contribution in [2.75, 3.05) is 6.61 Å². The maximum Gasteiger partial charge on any atom is 0.0612 e. The average molecular weight is 525 g/mol. The van der Waals surface area contributed by atoms with E-state index in [-0.39, 0.29) is 12.1 Å². The molecule has 5 aliphatic carbocycles. The minimum Gasteiger partial charge on any atom is -0.378 e.